The first-order valence-electron chi connectivity index (χ1n) is 5.86. The van der Waals surface area contributed by atoms with Crippen molar-refractivity contribution >= 4 is 25.8 Å². The molecule has 0 bridgehead atoms. The summed E-state index contributed by atoms with van der Waals surface area (Å²) < 4.78 is 59.9. The molecule has 0 aliphatic carbocycles. The number of hydrogen-bond acceptors (Lipinski definition) is 5. The third kappa shape index (κ3) is 5.45. The standard InChI is InChI=1S/C12H14FNO6S2/c1-21(17,18)10-2-4-11(5-3-10)22(19,20)8-9(13)6-7-14-12(15)16/h2-6,14H,7-8H2,1H3,(H,15,16). The van der Waals surface area contributed by atoms with E-state index in [1.165, 1.54) is 0 Å². The van der Waals surface area contributed by atoms with E-state index in [1.807, 2.05) is 5.32 Å². The molecule has 2 N–H and O–H groups in total. The predicted molar refractivity (Wildman–Crippen MR) is 76.8 cm³/mol. The Morgan fingerprint density at radius 3 is 2.14 bits per heavy atom. The highest BCUT2D eigenvalue weighted by atomic mass is 32.2. The van der Waals surface area contributed by atoms with Gasteiger partial charge in [0.15, 0.2) is 19.7 Å². The molecule has 0 fully saturated rings. The third-order valence-electron chi connectivity index (χ3n) is 2.52. The first kappa shape index (κ1) is 18.1. The Kier molecular flexibility index (Phi) is 5.66. The molecular weight excluding hydrogens is 337 g/mol. The van der Waals surface area contributed by atoms with Crippen LogP contribution in [0.3, 0.4) is 0 Å². The molecule has 0 heterocycles. The fourth-order valence-electron chi connectivity index (χ4n) is 1.47. The van der Waals surface area contributed by atoms with E-state index in [1.54, 1.807) is 0 Å². The van der Waals surface area contributed by atoms with Crippen LogP contribution in [-0.2, 0) is 19.7 Å². The fraction of sp³-hybridized carbons (Fsp3) is 0.250. The minimum absolute atomic E-state index is 0.0480. The molecule has 1 amide bonds. The average Bonchev–Trinajstić information content (AvgIpc) is 2.36. The Bertz CT molecular complexity index is 781. The van der Waals surface area contributed by atoms with Gasteiger partial charge in [0, 0.05) is 12.8 Å². The molecule has 0 atom stereocenters. The second-order valence-corrected chi connectivity index (χ2v) is 8.35. The molecule has 1 rings (SSSR count). The maximum Gasteiger partial charge on any atom is 0.404 e. The topological polar surface area (TPSA) is 118 Å². The number of sulfone groups is 2. The van der Waals surface area contributed by atoms with E-state index in [0.29, 0.717) is 0 Å². The van der Waals surface area contributed by atoms with Gasteiger partial charge < -0.3 is 10.4 Å². The monoisotopic (exact) mass is 351 g/mol. The van der Waals surface area contributed by atoms with E-state index in [0.717, 1.165) is 36.6 Å². The summed E-state index contributed by atoms with van der Waals surface area (Å²) in [6.45, 7) is -0.357. The molecule has 0 radical (unpaired) electrons. The van der Waals surface area contributed by atoms with Crippen molar-refractivity contribution in [3.63, 3.8) is 0 Å². The Hall–Kier alpha value is -1.94. The van der Waals surface area contributed by atoms with Crippen molar-refractivity contribution in [1.29, 1.82) is 0 Å². The maximum atomic E-state index is 13.5. The first-order chi connectivity index (χ1) is 10.0. The number of carboxylic acid groups (broad SMARTS) is 1. The van der Waals surface area contributed by atoms with E-state index in [2.05, 4.69) is 0 Å². The summed E-state index contributed by atoms with van der Waals surface area (Å²) in [6.07, 6.45) is 0.425. The number of carbonyl (C=O) groups is 1. The van der Waals surface area contributed by atoms with E-state index in [4.69, 9.17) is 5.11 Å². The van der Waals surface area contributed by atoms with Gasteiger partial charge in [-0.1, -0.05) is 0 Å². The summed E-state index contributed by atoms with van der Waals surface area (Å²) in [6, 6.07) is 4.40. The highest BCUT2D eigenvalue weighted by Crippen LogP contribution is 2.17. The van der Waals surface area contributed by atoms with Crippen LogP contribution in [0.4, 0.5) is 9.18 Å². The minimum Gasteiger partial charge on any atom is -0.465 e. The van der Waals surface area contributed by atoms with Crippen LogP contribution in [0.5, 0.6) is 0 Å². The molecule has 0 unspecified atom stereocenters. The van der Waals surface area contributed by atoms with Gasteiger partial charge in [-0.2, -0.15) is 0 Å². The normalized spacial score (nSPS) is 12.9. The number of amides is 1. The van der Waals surface area contributed by atoms with Crippen molar-refractivity contribution in [3.05, 3.63) is 36.2 Å². The molecule has 22 heavy (non-hydrogen) atoms. The molecule has 0 aliphatic rings. The molecular formula is C12H14FNO6S2. The van der Waals surface area contributed by atoms with Crippen molar-refractivity contribution in [1.82, 2.24) is 5.32 Å². The smallest absolute Gasteiger partial charge is 0.404 e. The fourth-order valence-corrected chi connectivity index (χ4v) is 3.30. The maximum absolute atomic E-state index is 13.5. The first-order valence-corrected chi connectivity index (χ1v) is 9.41. The van der Waals surface area contributed by atoms with E-state index in [-0.39, 0.29) is 16.3 Å². The van der Waals surface area contributed by atoms with Crippen molar-refractivity contribution in [3.8, 4) is 0 Å². The zero-order valence-electron chi connectivity index (χ0n) is 11.5. The minimum atomic E-state index is -3.99. The van der Waals surface area contributed by atoms with Crippen molar-refractivity contribution < 1.29 is 31.1 Å². The summed E-state index contributed by atoms with van der Waals surface area (Å²) in [5, 5.41) is 10.2. The van der Waals surface area contributed by atoms with Gasteiger partial charge in [0.25, 0.3) is 0 Å². The lowest BCUT2D eigenvalue weighted by molar-refractivity contribution is 0.195. The summed E-state index contributed by atoms with van der Waals surface area (Å²) in [4.78, 5) is 9.90. The van der Waals surface area contributed by atoms with Gasteiger partial charge in [-0.3, -0.25) is 0 Å². The summed E-state index contributed by atoms with van der Waals surface area (Å²) in [5.41, 5.74) is 0. The van der Waals surface area contributed by atoms with Crippen LogP contribution in [0.15, 0.2) is 46.0 Å². The highest BCUT2D eigenvalue weighted by Gasteiger charge is 2.18. The van der Waals surface area contributed by atoms with Crippen LogP contribution in [0.25, 0.3) is 0 Å². The van der Waals surface area contributed by atoms with Crippen molar-refractivity contribution in [2.45, 2.75) is 9.79 Å². The number of halogens is 1. The van der Waals surface area contributed by atoms with Gasteiger partial charge in [-0.15, -0.1) is 0 Å². The Labute approximate surface area is 127 Å². The van der Waals surface area contributed by atoms with E-state index < -0.39 is 37.3 Å². The van der Waals surface area contributed by atoms with Gasteiger partial charge in [0.2, 0.25) is 0 Å². The largest absolute Gasteiger partial charge is 0.465 e. The molecule has 122 valence electrons. The van der Waals surface area contributed by atoms with Gasteiger partial charge >= 0.3 is 6.09 Å². The van der Waals surface area contributed by atoms with Crippen molar-refractivity contribution in [2.24, 2.45) is 0 Å². The predicted octanol–water partition coefficient (Wildman–Crippen LogP) is 0.985. The molecule has 0 saturated heterocycles. The molecule has 0 aliphatic heterocycles. The second kappa shape index (κ2) is 6.88. The molecule has 0 spiro atoms. The lowest BCUT2D eigenvalue weighted by atomic mass is 10.4. The Balaban J connectivity index is 2.89. The number of hydrogen-bond donors (Lipinski definition) is 2. The van der Waals surface area contributed by atoms with E-state index in [9.17, 15) is 26.0 Å². The summed E-state index contributed by atoms with van der Waals surface area (Å²) >= 11 is 0. The van der Waals surface area contributed by atoms with Crippen LogP contribution < -0.4 is 5.32 Å². The molecule has 7 nitrogen and oxygen atoms in total. The van der Waals surface area contributed by atoms with Crippen LogP contribution in [0.2, 0.25) is 0 Å². The second-order valence-electron chi connectivity index (χ2n) is 4.34. The number of rotatable bonds is 6. The van der Waals surface area contributed by atoms with E-state index >= 15 is 0 Å². The van der Waals surface area contributed by atoms with Gasteiger partial charge in [0.1, 0.15) is 11.6 Å². The Morgan fingerprint density at radius 2 is 1.68 bits per heavy atom. The highest BCUT2D eigenvalue weighted by molar-refractivity contribution is 7.91. The lowest BCUT2D eigenvalue weighted by Gasteiger charge is -2.04. The SMILES string of the molecule is CS(=O)(=O)c1ccc(S(=O)(=O)CC(F)=CCNC(=O)O)cc1. The molecule has 1 aromatic rings. The van der Waals surface area contributed by atoms with Crippen LogP contribution in [0.1, 0.15) is 0 Å². The van der Waals surface area contributed by atoms with Crippen molar-refractivity contribution in [2.75, 3.05) is 18.6 Å². The zero-order valence-corrected chi connectivity index (χ0v) is 13.1. The molecule has 0 saturated carbocycles. The third-order valence-corrected chi connectivity index (χ3v) is 5.29. The quantitative estimate of drug-likeness (QED) is 0.789. The molecule has 10 heteroatoms. The van der Waals surface area contributed by atoms with Crippen LogP contribution in [0, 0.1) is 0 Å². The summed E-state index contributed by atoms with van der Waals surface area (Å²) in [5.74, 6) is -1.95. The summed E-state index contributed by atoms with van der Waals surface area (Å²) in [7, 11) is -7.44. The van der Waals surface area contributed by atoms with Gasteiger partial charge in [-0.05, 0) is 30.3 Å². The molecule has 1 aromatic carbocycles. The number of nitrogens with one attached hydrogen (secondary N) is 1. The van der Waals surface area contributed by atoms with Gasteiger partial charge in [-0.25, -0.2) is 26.0 Å². The number of benzene rings is 1. The zero-order chi connectivity index (χ0) is 17.0. The average molecular weight is 351 g/mol. The van der Waals surface area contributed by atoms with Gasteiger partial charge in [0.05, 0.1) is 9.79 Å². The molecule has 0 aromatic heterocycles. The van der Waals surface area contributed by atoms with Crippen LogP contribution in [-0.4, -0.2) is 46.6 Å². The Morgan fingerprint density at radius 1 is 1.18 bits per heavy atom. The van der Waals surface area contributed by atoms with Crippen LogP contribution >= 0.6 is 0 Å². The lowest BCUT2D eigenvalue weighted by Crippen LogP contribution is -2.21.